The Morgan fingerprint density at radius 1 is 0.788 bits per heavy atom. The summed E-state index contributed by atoms with van der Waals surface area (Å²) >= 11 is 0. The Labute approximate surface area is 301 Å². The summed E-state index contributed by atoms with van der Waals surface area (Å²) in [5.74, 6) is -1.74. The van der Waals surface area contributed by atoms with E-state index >= 15 is 0 Å². The predicted molar refractivity (Wildman–Crippen MR) is 188 cm³/mol. The largest absolute Gasteiger partial charge is 0.573 e. The molecule has 1 saturated heterocycles. The quantitative estimate of drug-likeness (QED) is 0.201. The number of methoxy groups -OCH3 is 2. The van der Waals surface area contributed by atoms with Crippen LogP contribution in [0.5, 0.6) is 17.2 Å². The van der Waals surface area contributed by atoms with E-state index in [0.29, 0.717) is 31.0 Å². The van der Waals surface area contributed by atoms with Gasteiger partial charge in [0.2, 0.25) is 0 Å². The van der Waals surface area contributed by atoms with Crippen LogP contribution in [0.4, 0.5) is 13.2 Å². The maximum Gasteiger partial charge on any atom is 0.573 e. The lowest BCUT2D eigenvalue weighted by Crippen LogP contribution is -2.48. The first kappa shape index (κ1) is 38.2. The van der Waals surface area contributed by atoms with Crippen molar-refractivity contribution in [1.29, 1.82) is 0 Å². The standard InChI is InChI=1S/C39H44F3N3O7/c1-6-50-37(46)33-25(2)43-26(3)34(35(33)31-9-7-8-10-32(31)52-39(40,41)42)38(47)51-24-23-44-19-21-45(22-20-44)36(27-11-15-29(48-4)16-12-27)28-13-17-30(49-5)18-14-28/h7-18,35-36,43H,6,19-24H2,1-5H3. The molecular formula is C39H44F3N3O7. The van der Waals surface area contributed by atoms with Crippen molar-refractivity contribution in [1.82, 2.24) is 15.1 Å². The zero-order valence-corrected chi connectivity index (χ0v) is 29.9. The molecule has 13 heteroatoms. The maximum atomic E-state index is 13.8. The van der Waals surface area contributed by atoms with Crippen molar-refractivity contribution in [3.8, 4) is 17.2 Å². The molecule has 1 fully saturated rings. The van der Waals surface area contributed by atoms with Crippen molar-refractivity contribution < 1.29 is 46.4 Å². The second kappa shape index (κ2) is 17.0. The monoisotopic (exact) mass is 723 g/mol. The number of alkyl halides is 3. The predicted octanol–water partition coefficient (Wildman–Crippen LogP) is 6.35. The molecule has 0 spiro atoms. The van der Waals surface area contributed by atoms with Gasteiger partial charge in [-0.2, -0.15) is 0 Å². The lowest BCUT2D eigenvalue weighted by molar-refractivity contribution is -0.274. The number of piperazine rings is 1. The lowest BCUT2D eigenvalue weighted by Gasteiger charge is -2.39. The summed E-state index contributed by atoms with van der Waals surface area (Å²) in [6.45, 7) is 8.25. The number of rotatable bonds is 13. The van der Waals surface area contributed by atoms with Gasteiger partial charge in [0.1, 0.15) is 23.9 Å². The summed E-state index contributed by atoms with van der Waals surface area (Å²) in [6, 6.07) is 21.5. The molecule has 2 heterocycles. The number of esters is 2. The van der Waals surface area contributed by atoms with Crippen LogP contribution in [0, 0.1) is 0 Å². The van der Waals surface area contributed by atoms with Gasteiger partial charge < -0.3 is 29.0 Å². The Kier molecular flexibility index (Phi) is 12.5. The van der Waals surface area contributed by atoms with Crippen LogP contribution in [0.15, 0.2) is 95.3 Å². The van der Waals surface area contributed by atoms with Gasteiger partial charge in [-0.1, -0.05) is 42.5 Å². The number of benzene rings is 3. The molecule has 1 atom stereocenters. The second-order valence-electron chi connectivity index (χ2n) is 12.4. The fourth-order valence-corrected chi connectivity index (χ4v) is 6.77. The summed E-state index contributed by atoms with van der Waals surface area (Å²) in [6.07, 6.45) is -5.00. The number of carbonyl (C=O) groups is 2. The number of halogens is 3. The molecule has 1 N–H and O–H groups in total. The highest BCUT2D eigenvalue weighted by Gasteiger charge is 2.41. The van der Waals surface area contributed by atoms with Crippen molar-refractivity contribution in [2.45, 2.75) is 39.1 Å². The van der Waals surface area contributed by atoms with Crippen LogP contribution in [-0.2, 0) is 19.1 Å². The van der Waals surface area contributed by atoms with E-state index in [2.05, 4.69) is 44.1 Å². The average molecular weight is 724 g/mol. The smallest absolute Gasteiger partial charge is 0.497 e. The summed E-state index contributed by atoms with van der Waals surface area (Å²) in [5.41, 5.74) is 2.92. The summed E-state index contributed by atoms with van der Waals surface area (Å²) in [4.78, 5) is 31.6. The van der Waals surface area contributed by atoms with Gasteiger partial charge in [0.15, 0.2) is 0 Å². The van der Waals surface area contributed by atoms with E-state index < -0.39 is 30.0 Å². The normalized spacial score (nSPS) is 17.1. The number of para-hydroxylation sites is 1. The zero-order chi connectivity index (χ0) is 37.4. The number of ether oxygens (including phenoxy) is 5. The van der Waals surface area contributed by atoms with Crippen molar-refractivity contribution in [3.63, 3.8) is 0 Å². The number of nitrogens with zero attached hydrogens (tertiary/aromatic N) is 2. The van der Waals surface area contributed by atoms with Crippen LogP contribution < -0.4 is 19.5 Å². The summed E-state index contributed by atoms with van der Waals surface area (Å²) < 4.78 is 66.5. The van der Waals surface area contributed by atoms with Crippen LogP contribution >= 0.6 is 0 Å². The van der Waals surface area contributed by atoms with Crippen LogP contribution in [0.3, 0.4) is 0 Å². The fraction of sp³-hybridized carbons (Fsp3) is 0.385. The number of allylic oxidation sites excluding steroid dienone is 2. The molecule has 0 bridgehead atoms. The highest BCUT2D eigenvalue weighted by atomic mass is 19.4. The van der Waals surface area contributed by atoms with E-state index in [-0.39, 0.29) is 36.0 Å². The van der Waals surface area contributed by atoms with Gasteiger partial charge in [-0.25, -0.2) is 9.59 Å². The second-order valence-corrected chi connectivity index (χ2v) is 12.4. The van der Waals surface area contributed by atoms with Gasteiger partial charge >= 0.3 is 18.3 Å². The SMILES string of the molecule is CCOC(=O)C1=C(C)NC(C)=C(C(=O)OCCN2CCN(C(c3ccc(OC)cc3)c3ccc(OC)cc3)CC2)C1c1ccccc1OC(F)(F)F. The third-order valence-corrected chi connectivity index (χ3v) is 9.21. The van der Waals surface area contributed by atoms with Gasteiger partial charge in [-0.05, 0) is 62.2 Å². The number of carbonyl (C=O) groups excluding carboxylic acids is 2. The molecule has 278 valence electrons. The Bertz CT molecular complexity index is 1720. The van der Waals surface area contributed by atoms with Crippen molar-refractivity contribution in [3.05, 3.63) is 112 Å². The first-order chi connectivity index (χ1) is 24.9. The first-order valence-electron chi connectivity index (χ1n) is 17.1. The number of nitrogens with one attached hydrogen (secondary N) is 1. The first-order valence-corrected chi connectivity index (χ1v) is 17.1. The van der Waals surface area contributed by atoms with E-state index in [1.54, 1.807) is 35.0 Å². The van der Waals surface area contributed by atoms with Crippen LogP contribution in [-0.4, -0.2) is 88.3 Å². The number of hydrogen-bond acceptors (Lipinski definition) is 10. The van der Waals surface area contributed by atoms with E-state index in [1.165, 1.54) is 18.2 Å². The molecule has 0 amide bonds. The van der Waals surface area contributed by atoms with Gasteiger partial charge in [0.05, 0.1) is 43.9 Å². The van der Waals surface area contributed by atoms with Gasteiger partial charge in [-0.15, -0.1) is 13.2 Å². The average Bonchev–Trinajstić information content (AvgIpc) is 3.12. The van der Waals surface area contributed by atoms with Gasteiger partial charge in [-0.3, -0.25) is 9.80 Å². The molecule has 2 aliphatic heterocycles. The van der Waals surface area contributed by atoms with Crippen molar-refractivity contribution in [2.24, 2.45) is 0 Å². The van der Waals surface area contributed by atoms with E-state index in [0.717, 1.165) is 41.8 Å². The maximum absolute atomic E-state index is 13.8. The third kappa shape index (κ3) is 9.07. The van der Waals surface area contributed by atoms with Crippen LogP contribution in [0.1, 0.15) is 49.4 Å². The lowest BCUT2D eigenvalue weighted by atomic mass is 9.80. The molecule has 0 radical (unpaired) electrons. The molecular weight excluding hydrogens is 679 g/mol. The van der Waals surface area contributed by atoms with E-state index in [9.17, 15) is 22.8 Å². The number of dihydropyridines is 1. The van der Waals surface area contributed by atoms with Gasteiger partial charge in [0.25, 0.3) is 0 Å². The van der Waals surface area contributed by atoms with Crippen LogP contribution in [0.25, 0.3) is 0 Å². The molecule has 2 aliphatic rings. The topological polar surface area (TPSA) is 98.8 Å². The molecule has 10 nitrogen and oxygen atoms in total. The molecule has 0 aliphatic carbocycles. The molecule has 1 unspecified atom stereocenters. The van der Waals surface area contributed by atoms with E-state index in [4.69, 9.17) is 18.9 Å². The van der Waals surface area contributed by atoms with Crippen LogP contribution in [0.2, 0.25) is 0 Å². The highest BCUT2D eigenvalue weighted by Crippen LogP contribution is 2.44. The fourth-order valence-electron chi connectivity index (χ4n) is 6.77. The highest BCUT2D eigenvalue weighted by molar-refractivity contribution is 6.00. The van der Waals surface area contributed by atoms with Crippen molar-refractivity contribution >= 4 is 11.9 Å². The molecule has 0 saturated carbocycles. The zero-order valence-electron chi connectivity index (χ0n) is 29.9. The summed E-state index contributed by atoms with van der Waals surface area (Å²) in [5, 5.41) is 3.03. The summed E-state index contributed by atoms with van der Waals surface area (Å²) in [7, 11) is 3.28. The number of hydrogen-bond donors (Lipinski definition) is 1. The molecule has 52 heavy (non-hydrogen) atoms. The third-order valence-electron chi connectivity index (χ3n) is 9.21. The Morgan fingerprint density at radius 2 is 1.31 bits per heavy atom. The Balaban J connectivity index is 1.29. The minimum absolute atomic E-state index is 0.00137. The van der Waals surface area contributed by atoms with Crippen molar-refractivity contribution in [2.75, 3.05) is 60.2 Å². The minimum Gasteiger partial charge on any atom is -0.497 e. The molecule has 3 aromatic rings. The van der Waals surface area contributed by atoms with Gasteiger partial charge in [0, 0.05) is 49.7 Å². The van der Waals surface area contributed by atoms with E-state index in [1.807, 2.05) is 24.3 Å². The molecule has 5 rings (SSSR count). The Morgan fingerprint density at radius 3 is 1.81 bits per heavy atom. The molecule has 3 aromatic carbocycles. The molecule has 0 aromatic heterocycles. The minimum atomic E-state index is -5.00. The Hall–Kier alpha value is -5.01.